The van der Waals surface area contributed by atoms with Crippen LogP contribution < -0.4 is 0 Å². The first-order valence-corrected chi connectivity index (χ1v) is 10.2. The lowest BCUT2D eigenvalue weighted by Crippen LogP contribution is -2.33. The van der Waals surface area contributed by atoms with Gasteiger partial charge in [-0.05, 0) is 66.1 Å². The predicted octanol–water partition coefficient (Wildman–Crippen LogP) is 2.98. The van der Waals surface area contributed by atoms with Gasteiger partial charge in [-0.25, -0.2) is 0 Å². The Hall–Kier alpha value is -3.23. The first-order valence-electron chi connectivity index (χ1n) is 9.82. The third-order valence-corrected chi connectivity index (χ3v) is 4.95. The number of halogens is 1. The first-order chi connectivity index (χ1) is 14.9. The van der Waals surface area contributed by atoms with Gasteiger partial charge in [-0.3, -0.25) is 4.79 Å². The van der Waals surface area contributed by atoms with E-state index in [9.17, 15) is 15.0 Å². The van der Waals surface area contributed by atoms with Crippen LogP contribution in [-0.4, -0.2) is 54.3 Å². The standard InChI is InChI=1S/C22H24ClN5O3/c1-3-27(14-21(30)17-5-4-6-20(29)12-17)22(31)10-8-16-7-9-19(23)11-18(16)13-28-25-15(2)24-26-28/h4-12,21,29-30H,3,13-14H2,1-2H3/b10-8+. The molecule has 2 aromatic carbocycles. The Labute approximate surface area is 185 Å². The molecule has 0 aliphatic heterocycles. The molecule has 0 bridgehead atoms. The second-order valence-electron chi connectivity index (χ2n) is 7.03. The largest absolute Gasteiger partial charge is 0.508 e. The zero-order chi connectivity index (χ0) is 22.4. The number of aliphatic hydroxyl groups excluding tert-OH is 1. The van der Waals surface area contributed by atoms with E-state index in [1.165, 1.54) is 27.9 Å². The third-order valence-electron chi connectivity index (χ3n) is 4.72. The van der Waals surface area contributed by atoms with Crippen molar-refractivity contribution in [2.45, 2.75) is 26.5 Å². The first kappa shape index (κ1) is 22.5. The van der Waals surface area contributed by atoms with Crippen molar-refractivity contribution in [3.63, 3.8) is 0 Å². The summed E-state index contributed by atoms with van der Waals surface area (Å²) in [5.74, 6) is 0.397. The van der Waals surface area contributed by atoms with Crippen molar-refractivity contribution < 1.29 is 15.0 Å². The summed E-state index contributed by atoms with van der Waals surface area (Å²) in [6, 6.07) is 11.7. The Bertz CT molecular complexity index is 1080. The molecule has 0 saturated carbocycles. The lowest BCUT2D eigenvalue weighted by atomic mass is 10.1. The Morgan fingerprint density at radius 2 is 2.10 bits per heavy atom. The summed E-state index contributed by atoms with van der Waals surface area (Å²) in [7, 11) is 0. The number of hydrogen-bond donors (Lipinski definition) is 2. The van der Waals surface area contributed by atoms with Gasteiger partial charge in [0.25, 0.3) is 0 Å². The van der Waals surface area contributed by atoms with E-state index in [-0.39, 0.29) is 18.2 Å². The number of aromatic nitrogens is 4. The lowest BCUT2D eigenvalue weighted by Gasteiger charge is -2.23. The van der Waals surface area contributed by atoms with Crippen LogP contribution in [0, 0.1) is 6.92 Å². The maximum atomic E-state index is 12.7. The van der Waals surface area contributed by atoms with Gasteiger partial charge in [-0.15, -0.1) is 10.2 Å². The average molecular weight is 442 g/mol. The van der Waals surface area contributed by atoms with Crippen LogP contribution in [0.4, 0.5) is 0 Å². The molecule has 1 atom stereocenters. The van der Waals surface area contributed by atoms with Gasteiger partial charge in [-0.1, -0.05) is 29.8 Å². The van der Waals surface area contributed by atoms with Gasteiger partial charge in [0.1, 0.15) is 5.75 Å². The zero-order valence-corrected chi connectivity index (χ0v) is 18.1. The molecule has 0 radical (unpaired) electrons. The number of carbonyl (C=O) groups is 1. The summed E-state index contributed by atoms with van der Waals surface area (Å²) in [5.41, 5.74) is 2.19. The van der Waals surface area contributed by atoms with Crippen molar-refractivity contribution in [1.29, 1.82) is 0 Å². The van der Waals surface area contributed by atoms with Crippen LogP contribution in [0.3, 0.4) is 0 Å². The average Bonchev–Trinajstić information content (AvgIpc) is 3.15. The number of aliphatic hydroxyl groups is 1. The number of carbonyl (C=O) groups excluding carboxylic acids is 1. The van der Waals surface area contributed by atoms with E-state index in [0.717, 1.165) is 11.1 Å². The molecular formula is C22H24ClN5O3. The number of aromatic hydroxyl groups is 1. The van der Waals surface area contributed by atoms with Crippen LogP contribution in [0.2, 0.25) is 5.02 Å². The summed E-state index contributed by atoms with van der Waals surface area (Å²) in [4.78, 5) is 15.7. The van der Waals surface area contributed by atoms with Crippen molar-refractivity contribution in [2.24, 2.45) is 0 Å². The van der Waals surface area contributed by atoms with Crippen molar-refractivity contribution in [3.05, 3.63) is 76.1 Å². The molecular weight excluding hydrogens is 418 g/mol. The number of nitrogens with zero attached hydrogens (tertiary/aromatic N) is 5. The Morgan fingerprint density at radius 1 is 1.29 bits per heavy atom. The highest BCUT2D eigenvalue weighted by Crippen LogP contribution is 2.20. The van der Waals surface area contributed by atoms with E-state index in [1.54, 1.807) is 37.3 Å². The maximum Gasteiger partial charge on any atom is 0.246 e. The summed E-state index contributed by atoms with van der Waals surface area (Å²) in [6.07, 6.45) is 2.27. The number of likely N-dealkylation sites (N-methyl/N-ethyl adjacent to an activating group) is 1. The van der Waals surface area contributed by atoms with Crippen molar-refractivity contribution in [2.75, 3.05) is 13.1 Å². The van der Waals surface area contributed by atoms with Gasteiger partial charge >= 0.3 is 0 Å². The molecule has 3 aromatic rings. The highest BCUT2D eigenvalue weighted by molar-refractivity contribution is 6.30. The van der Waals surface area contributed by atoms with E-state index in [4.69, 9.17) is 11.6 Å². The van der Waals surface area contributed by atoms with E-state index in [1.807, 2.05) is 13.0 Å². The molecule has 1 unspecified atom stereocenters. The quantitative estimate of drug-likeness (QED) is 0.521. The van der Waals surface area contributed by atoms with Gasteiger partial charge in [-0.2, -0.15) is 4.80 Å². The van der Waals surface area contributed by atoms with Crippen LogP contribution in [0.1, 0.15) is 35.5 Å². The lowest BCUT2D eigenvalue weighted by molar-refractivity contribution is -0.127. The van der Waals surface area contributed by atoms with Crippen LogP contribution in [0.5, 0.6) is 5.75 Å². The van der Waals surface area contributed by atoms with E-state index >= 15 is 0 Å². The van der Waals surface area contributed by atoms with Gasteiger partial charge < -0.3 is 15.1 Å². The fraction of sp³-hybridized carbons (Fsp3) is 0.273. The molecule has 3 rings (SSSR count). The van der Waals surface area contributed by atoms with Gasteiger partial charge in [0.05, 0.1) is 19.2 Å². The number of phenols is 1. The van der Waals surface area contributed by atoms with Crippen LogP contribution in [0.25, 0.3) is 6.08 Å². The second kappa shape index (κ2) is 10.2. The topological polar surface area (TPSA) is 104 Å². The van der Waals surface area contributed by atoms with Gasteiger partial charge in [0.2, 0.25) is 5.91 Å². The molecule has 0 fully saturated rings. The zero-order valence-electron chi connectivity index (χ0n) is 17.3. The van der Waals surface area contributed by atoms with Crippen molar-refractivity contribution in [3.8, 4) is 5.75 Å². The fourth-order valence-electron chi connectivity index (χ4n) is 3.10. The highest BCUT2D eigenvalue weighted by Gasteiger charge is 2.16. The Morgan fingerprint density at radius 3 is 2.77 bits per heavy atom. The number of aryl methyl sites for hydroxylation is 1. The van der Waals surface area contributed by atoms with Gasteiger partial charge in [0.15, 0.2) is 5.82 Å². The van der Waals surface area contributed by atoms with Crippen molar-refractivity contribution >= 4 is 23.6 Å². The molecule has 0 aliphatic carbocycles. The number of phenolic OH excluding ortho intramolecular Hbond substituents is 1. The SMILES string of the molecule is CCN(CC(O)c1cccc(O)c1)C(=O)/C=C/c1ccc(Cl)cc1Cn1nnc(C)n1. The Kier molecular flexibility index (Phi) is 7.38. The molecule has 1 heterocycles. The fourth-order valence-corrected chi connectivity index (χ4v) is 3.30. The smallest absolute Gasteiger partial charge is 0.246 e. The summed E-state index contributed by atoms with van der Waals surface area (Å²) in [6.45, 7) is 4.50. The number of amides is 1. The third kappa shape index (κ3) is 6.13. The normalized spacial score (nSPS) is 12.3. The second-order valence-corrected chi connectivity index (χ2v) is 7.47. The van der Waals surface area contributed by atoms with E-state index < -0.39 is 6.10 Å². The molecule has 0 spiro atoms. The number of rotatable bonds is 8. The maximum absolute atomic E-state index is 12.7. The monoisotopic (exact) mass is 441 g/mol. The van der Waals surface area contributed by atoms with Crippen LogP contribution in [0.15, 0.2) is 48.5 Å². The predicted molar refractivity (Wildman–Crippen MR) is 117 cm³/mol. The number of tetrazole rings is 1. The molecule has 2 N–H and O–H groups in total. The molecule has 1 aromatic heterocycles. The number of benzene rings is 2. The molecule has 9 heteroatoms. The Balaban J connectivity index is 1.73. The van der Waals surface area contributed by atoms with Crippen LogP contribution in [-0.2, 0) is 11.3 Å². The molecule has 0 aliphatic rings. The summed E-state index contributed by atoms with van der Waals surface area (Å²) < 4.78 is 0. The molecule has 1 amide bonds. The number of hydrogen-bond acceptors (Lipinski definition) is 6. The summed E-state index contributed by atoms with van der Waals surface area (Å²) >= 11 is 6.14. The minimum atomic E-state index is -0.905. The van der Waals surface area contributed by atoms with Crippen LogP contribution >= 0.6 is 11.6 Å². The molecule has 162 valence electrons. The highest BCUT2D eigenvalue weighted by atomic mass is 35.5. The van der Waals surface area contributed by atoms with Gasteiger partial charge in [0, 0.05) is 17.6 Å². The van der Waals surface area contributed by atoms with E-state index in [2.05, 4.69) is 15.4 Å². The minimum absolute atomic E-state index is 0.0677. The van der Waals surface area contributed by atoms with E-state index in [0.29, 0.717) is 29.5 Å². The summed E-state index contributed by atoms with van der Waals surface area (Å²) in [5, 5.41) is 32.6. The van der Waals surface area contributed by atoms with Crippen molar-refractivity contribution in [1.82, 2.24) is 25.1 Å². The minimum Gasteiger partial charge on any atom is -0.508 e. The molecule has 0 saturated heterocycles. The molecule has 8 nitrogen and oxygen atoms in total. The molecule has 31 heavy (non-hydrogen) atoms.